The summed E-state index contributed by atoms with van der Waals surface area (Å²) in [5.74, 6) is 1.93. The average Bonchev–Trinajstić information content (AvgIpc) is 3.37. The van der Waals surface area contributed by atoms with Gasteiger partial charge in [0, 0.05) is 22.1 Å². The van der Waals surface area contributed by atoms with Gasteiger partial charge in [0.2, 0.25) is 0 Å². The average molecular weight is 551 g/mol. The lowest BCUT2D eigenvalue weighted by Crippen LogP contribution is -2.41. The normalized spacial score (nSPS) is 17.6. The van der Waals surface area contributed by atoms with E-state index in [1.54, 1.807) is 0 Å². The van der Waals surface area contributed by atoms with Gasteiger partial charge in [-0.1, -0.05) is 105 Å². The highest BCUT2D eigenvalue weighted by Gasteiger charge is 2.51. The Labute approximate surface area is 248 Å². The van der Waals surface area contributed by atoms with Gasteiger partial charge in [0.15, 0.2) is 17.5 Å². The largest absolute Gasteiger partial charge is 0.494 e. The van der Waals surface area contributed by atoms with Crippen LogP contribution < -0.4 is 5.46 Å². The molecule has 0 amide bonds. The van der Waals surface area contributed by atoms with Crippen LogP contribution in [0.5, 0.6) is 0 Å². The molecule has 1 aliphatic heterocycles. The third-order valence-electron chi connectivity index (χ3n) is 9.20. The molecule has 5 aromatic rings. The van der Waals surface area contributed by atoms with E-state index in [0.717, 1.165) is 22.2 Å². The van der Waals surface area contributed by atoms with Gasteiger partial charge in [-0.05, 0) is 61.5 Å². The molecule has 208 valence electrons. The molecule has 0 spiro atoms. The van der Waals surface area contributed by atoms with Crippen LogP contribution in [-0.2, 0) is 14.7 Å². The predicted molar refractivity (Wildman–Crippen MR) is 169 cm³/mol. The second-order valence-corrected chi connectivity index (χ2v) is 12.8. The van der Waals surface area contributed by atoms with Crippen molar-refractivity contribution < 1.29 is 9.31 Å². The highest BCUT2D eigenvalue weighted by atomic mass is 16.7. The predicted octanol–water partition coefficient (Wildman–Crippen LogP) is 7.48. The van der Waals surface area contributed by atoms with Gasteiger partial charge >= 0.3 is 7.12 Å². The molecule has 0 atom stereocenters. The van der Waals surface area contributed by atoms with Crippen LogP contribution in [0, 0.1) is 0 Å². The monoisotopic (exact) mass is 551 g/mol. The van der Waals surface area contributed by atoms with Crippen LogP contribution in [0.25, 0.3) is 45.3 Å². The van der Waals surface area contributed by atoms with Crippen LogP contribution in [0.1, 0.15) is 52.7 Å². The van der Waals surface area contributed by atoms with E-state index in [0.29, 0.717) is 17.5 Å². The number of hydrogen-bond acceptors (Lipinski definition) is 5. The molecule has 5 nitrogen and oxygen atoms in total. The summed E-state index contributed by atoms with van der Waals surface area (Å²) in [5.41, 5.74) is 8.11. The lowest BCUT2D eigenvalue weighted by atomic mass is 9.79. The number of fused-ring (bicyclic) bond motifs is 3. The zero-order valence-electron chi connectivity index (χ0n) is 25.0. The topological polar surface area (TPSA) is 57.1 Å². The third-order valence-corrected chi connectivity index (χ3v) is 9.20. The standard InChI is InChI=1S/C36H34BN3O2/c1-34(2)29-15-11-10-14-27(29)28-21-18-25(22-30(28)34)33-39-31(23-12-8-7-9-13-23)38-32(40-33)24-16-19-26(20-17-24)37-41-35(3,4)36(5,6)42-37/h7-22H,1-6H3. The molecule has 42 heavy (non-hydrogen) atoms. The van der Waals surface area contributed by atoms with Gasteiger partial charge in [-0.25, -0.2) is 15.0 Å². The SMILES string of the molecule is CC1(C)c2ccccc2-c2ccc(-c3nc(-c4ccccc4)nc(-c4ccc(B5OC(C)(C)C(C)(C)O5)cc4)n3)cc21. The molecule has 1 aromatic heterocycles. The van der Waals surface area contributed by atoms with Crippen LogP contribution in [-0.4, -0.2) is 33.3 Å². The second-order valence-electron chi connectivity index (χ2n) is 12.8. The molecule has 4 aromatic carbocycles. The van der Waals surface area contributed by atoms with Crippen molar-refractivity contribution in [3.8, 4) is 45.3 Å². The molecule has 0 saturated carbocycles. The van der Waals surface area contributed by atoms with Crippen LogP contribution in [0.15, 0.2) is 97.1 Å². The van der Waals surface area contributed by atoms with Crippen molar-refractivity contribution in [2.75, 3.05) is 0 Å². The van der Waals surface area contributed by atoms with E-state index in [4.69, 9.17) is 24.3 Å². The summed E-state index contributed by atoms with van der Waals surface area (Å²) >= 11 is 0. The van der Waals surface area contributed by atoms with Gasteiger partial charge in [-0.2, -0.15) is 0 Å². The lowest BCUT2D eigenvalue weighted by molar-refractivity contribution is 0.00578. The smallest absolute Gasteiger partial charge is 0.399 e. The van der Waals surface area contributed by atoms with Crippen molar-refractivity contribution >= 4 is 12.6 Å². The lowest BCUT2D eigenvalue weighted by Gasteiger charge is -2.32. The van der Waals surface area contributed by atoms with Crippen molar-refractivity contribution in [1.29, 1.82) is 0 Å². The number of hydrogen-bond donors (Lipinski definition) is 0. The Bertz CT molecular complexity index is 1800. The van der Waals surface area contributed by atoms with E-state index in [9.17, 15) is 0 Å². The zero-order valence-corrected chi connectivity index (χ0v) is 25.0. The van der Waals surface area contributed by atoms with Gasteiger partial charge in [0.1, 0.15) is 0 Å². The summed E-state index contributed by atoms with van der Waals surface area (Å²) < 4.78 is 12.5. The van der Waals surface area contributed by atoms with E-state index >= 15 is 0 Å². The maximum atomic E-state index is 6.26. The number of nitrogens with zero attached hydrogens (tertiary/aromatic N) is 3. The fourth-order valence-corrected chi connectivity index (χ4v) is 5.96. The van der Waals surface area contributed by atoms with E-state index < -0.39 is 18.3 Å². The summed E-state index contributed by atoms with van der Waals surface area (Å²) in [6, 6.07) is 33.5. The highest BCUT2D eigenvalue weighted by Crippen LogP contribution is 2.49. The van der Waals surface area contributed by atoms with E-state index in [-0.39, 0.29) is 5.41 Å². The van der Waals surface area contributed by atoms with Crippen molar-refractivity contribution in [2.45, 2.75) is 58.2 Å². The number of benzene rings is 4. The van der Waals surface area contributed by atoms with Crippen molar-refractivity contribution in [3.05, 3.63) is 108 Å². The molecular formula is C36H34BN3O2. The first kappa shape index (κ1) is 26.8. The minimum atomic E-state index is -0.420. The van der Waals surface area contributed by atoms with Gasteiger partial charge in [0.25, 0.3) is 0 Å². The van der Waals surface area contributed by atoms with Crippen molar-refractivity contribution in [3.63, 3.8) is 0 Å². The molecule has 0 radical (unpaired) electrons. The van der Waals surface area contributed by atoms with Gasteiger partial charge in [-0.15, -0.1) is 0 Å². The summed E-state index contributed by atoms with van der Waals surface area (Å²) in [6.45, 7) is 12.8. The molecule has 1 fully saturated rings. The van der Waals surface area contributed by atoms with Crippen LogP contribution in [0.4, 0.5) is 0 Å². The first-order valence-corrected chi connectivity index (χ1v) is 14.6. The summed E-state index contributed by atoms with van der Waals surface area (Å²) in [7, 11) is -0.420. The second kappa shape index (κ2) is 9.45. The maximum Gasteiger partial charge on any atom is 0.494 e. The van der Waals surface area contributed by atoms with Crippen LogP contribution >= 0.6 is 0 Å². The third kappa shape index (κ3) is 4.29. The molecule has 1 saturated heterocycles. The Balaban J connectivity index is 1.30. The van der Waals surface area contributed by atoms with Crippen LogP contribution in [0.3, 0.4) is 0 Å². The highest BCUT2D eigenvalue weighted by molar-refractivity contribution is 6.62. The number of aromatic nitrogens is 3. The molecule has 2 aliphatic rings. The molecular weight excluding hydrogens is 517 g/mol. The Kier molecular flexibility index (Phi) is 6.02. The Hall–Kier alpha value is -4.13. The van der Waals surface area contributed by atoms with Crippen molar-refractivity contribution in [2.24, 2.45) is 0 Å². The molecule has 2 heterocycles. The van der Waals surface area contributed by atoms with Gasteiger partial charge < -0.3 is 9.31 Å². The molecule has 0 bridgehead atoms. The first-order chi connectivity index (χ1) is 20.0. The Morgan fingerprint density at radius 2 is 1.00 bits per heavy atom. The Morgan fingerprint density at radius 1 is 0.500 bits per heavy atom. The minimum Gasteiger partial charge on any atom is -0.399 e. The van der Waals surface area contributed by atoms with E-state index in [1.165, 1.54) is 22.3 Å². The first-order valence-electron chi connectivity index (χ1n) is 14.6. The maximum absolute atomic E-state index is 6.26. The summed E-state index contributed by atoms with van der Waals surface area (Å²) in [5, 5.41) is 0. The van der Waals surface area contributed by atoms with Crippen molar-refractivity contribution in [1.82, 2.24) is 15.0 Å². The van der Waals surface area contributed by atoms with Gasteiger partial charge in [-0.3, -0.25) is 0 Å². The van der Waals surface area contributed by atoms with Crippen LogP contribution in [0.2, 0.25) is 0 Å². The quantitative estimate of drug-likeness (QED) is 0.217. The zero-order chi connectivity index (χ0) is 29.3. The van der Waals surface area contributed by atoms with E-state index in [2.05, 4.69) is 84.0 Å². The van der Waals surface area contributed by atoms with E-state index in [1.807, 2.05) is 54.6 Å². The minimum absolute atomic E-state index is 0.108. The fraction of sp³-hybridized carbons (Fsp3) is 0.250. The molecule has 0 unspecified atom stereocenters. The molecule has 0 N–H and O–H groups in total. The van der Waals surface area contributed by atoms with Gasteiger partial charge in [0.05, 0.1) is 11.2 Å². The molecule has 7 rings (SSSR count). The fourth-order valence-electron chi connectivity index (χ4n) is 5.96. The number of rotatable bonds is 4. The molecule has 1 aliphatic carbocycles. The molecule has 6 heteroatoms. The Morgan fingerprint density at radius 3 is 1.64 bits per heavy atom. The summed E-state index contributed by atoms with van der Waals surface area (Å²) in [4.78, 5) is 14.9. The summed E-state index contributed by atoms with van der Waals surface area (Å²) in [6.07, 6.45) is 0.